The van der Waals surface area contributed by atoms with Gasteiger partial charge >= 0.3 is 5.97 Å². The van der Waals surface area contributed by atoms with Gasteiger partial charge in [0.2, 0.25) is 0 Å². The van der Waals surface area contributed by atoms with Gasteiger partial charge in [-0.15, -0.1) is 0 Å². The normalized spacial score (nSPS) is 12.3. The molecule has 0 saturated heterocycles. The quantitative estimate of drug-likeness (QED) is 0.754. The predicted octanol–water partition coefficient (Wildman–Crippen LogP) is 2.43. The Hall–Kier alpha value is -3.16. The first kappa shape index (κ1) is 19.2. The van der Waals surface area contributed by atoms with Crippen molar-refractivity contribution in [3.8, 4) is 0 Å². The maximum Gasteiger partial charge on any atom is 0.325 e. The van der Waals surface area contributed by atoms with Crippen LogP contribution in [0.15, 0.2) is 34.9 Å². The lowest BCUT2D eigenvalue weighted by molar-refractivity contribution is -0.138. The van der Waals surface area contributed by atoms with Crippen LogP contribution in [-0.4, -0.2) is 34.1 Å². The van der Waals surface area contributed by atoms with E-state index in [4.69, 9.17) is 9.63 Å². The number of amides is 2. The third-order valence-electron chi connectivity index (χ3n) is 3.60. The first-order valence-electron chi connectivity index (χ1n) is 8.00. The highest BCUT2D eigenvalue weighted by Crippen LogP contribution is 2.23. The molecule has 0 bridgehead atoms. The van der Waals surface area contributed by atoms with Crippen molar-refractivity contribution in [1.82, 2.24) is 10.5 Å². The van der Waals surface area contributed by atoms with Gasteiger partial charge in [0.05, 0.1) is 0 Å². The van der Waals surface area contributed by atoms with Crippen LogP contribution in [0.5, 0.6) is 0 Å². The number of nitrogens with one attached hydrogen (secondary N) is 2. The van der Waals surface area contributed by atoms with Crippen LogP contribution in [0.25, 0.3) is 0 Å². The number of benzene rings is 1. The van der Waals surface area contributed by atoms with Crippen molar-refractivity contribution in [3.05, 3.63) is 47.3 Å². The standard InChI is InChI=1S/C18H21N3O5/c1-10(17(24)25)19-15(22)11-5-7-12(8-6-11)20-16(23)13-9-14(26-21-13)18(2,3)4/h5-10H,1-4H3,(H,19,22)(H,20,23)(H,24,25). The molecule has 0 saturated carbocycles. The first-order chi connectivity index (χ1) is 12.1. The van der Waals surface area contributed by atoms with Gasteiger partial charge in [-0.1, -0.05) is 25.9 Å². The van der Waals surface area contributed by atoms with Crippen molar-refractivity contribution >= 4 is 23.5 Å². The van der Waals surface area contributed by atoms with Gasteiger partial charge in [-0.3, -0.25) is 14.4 Å². The molecular formula is C18H21N3O5. The molecule has 26 heavy (non-hydrogen) atoms. The van der Waals surface area contributed by atoms with Crippen molar-refractivity contribution in [2.75, 3.05) is 5.32 Å². The van der Waals surface area contributed by atoms with Crippen LogP contribution in [0.4, 0.5) is 5.69 Å². The van der Waals surface area contributed by atoms with Crippen LogP contribution in [0.1, 0.15) is 54.3 Å². The minimum Gasteiger partial charge on any atom is -0.480 e. The molecule has 2 rings (SSSR count). The number of carboxylic acids is 1. The molecule has 0 aliphatic heterocycles. The number of carbonyl (C=O) groups is 3. The molecule has 1 unspecified atom stereocenters. The molecule has 0 fully saturated rings. The fourth-order valence-electron chi connectivity index (χ4n) is 1.98. The van der Waals surface area contributed by atoms with Gasteiger partial charge in [-0.25, -0.2) is 0 Å². The third kappa shape index (κ3) is 4.69. The summed E-state index contributed by atoms with van der Waals surface area (Å²) in [4.78, 5) is 34.9. The second-order valence-electron chi connectivity index (χ2n) is 6.89. The summed E-state index contributed by atoms with van der Waals surface area (Å²) in [5.41, 5.74) is 0.658. The monoisotopic (exact) mass is 359 g/mol. The van der Waals surface area contributed by atoms with Crippen LogP contribution < -0.4 is 10.6 Å². The van der Waals surface area contributed by atoms with Crippen molar-refractivity contribution in [2.45, 2.75) is 39.2 Å². The summed E-state index contributed by atoms with van der Waals surface area (Å²) in [6.07, 6.45) is 0. The molecule has 0 radical (unpaired) electrons. The van der Waals surface area contributed by atoms with Crippen molar-refractivity contribution in [3.63, 3.8) is 0 Å². The van der Waals surface area contributed by atoms with Gasteiger partial charge in [-0.05, 0) is 31.2 Å². The molecule has 1 atom stereocenters. The highest BCUT2D eigenvalue weighted by molar-refractivity contribution is 6.03. The predicted molar refractivity (Wildman–Crippen MR) is 94.2 cm³/mol. The van der Waals surface area contributed by atoms with Crippen LogP contribution in [0, 0.1) is 0 Å². The Morgan fingerprint density at radius 2 is 1.73 bits per heavy atom. The van der Waals surface area contributed by atoms with Gasteiger partial charge in [0.1, 0.15) is 11.8 Å². The molecule has 1 aromatic carbocycles. The third-order valence-corrected chi connectivity index (χ3v) is 3.60. The molecule has 3 N–H and O–H groups in total. The van der Waals surface area contributed by atoms with E-state index in [2.05, 4.69) is 15.8 Å². The number of rotatable bonds is 5. The zero-order valence-electron chi connectivity index (χ0n) is 15.0. The van der Waals surface area contributed by atoms with E-state index in [9.17, 15) is 14.4 Å². The van der Waals surface area contributed by atoms with E-state index >= 15 is 0 Å². The molecule has 0 aliphatic rings. The summed E-state index contributed by atoms with van der Waals surface area (Å²) in [6, 6.07) is 6.66. The van der Waals surface area contributed by atoms with E-state index in [0.29, 0.717) is 11.4 Å². The summed E-state index contributed by atoms with van der Waals surface area (Å²) in [6.45, 7) is 7.22. The maximum absolute atomic E-state index is 12.2. The molecular weight excluding hydrogens is 338 g/mol. The Morgan fingerprint density at radius 3 is 2.23 bits per heavy atom. The molecule has 138 valence electrons. The second kappa shape index (κ2) is 7.38. The molecule has 0 aliphatic carbocycles. The molecule has 1 heterocycles. The Morgan fingerprint density at radius 1 is 1.12 bits per heavy atom. The summed E-state index contributed by atoms with van der Waals surface area (Å²) in [7, 11) is 0. The summed E-state index contributed by atoms with van der Waals surface area (Å²) < 4.78 is 5.18. The molecule has 8 nitrogen and oxygen atoms in total. The van der Waals surface area contributed by atoms with Gasteiger partial charge in [0.15, 0.2) is 5.69 Å². The summed E-state index contributed by atoms with van der Waals surface area (Å²) in [5.74, 6) is -1.46. The van der Waals surface area contributed by atoms with Gasteiger partial charge < -0.3 is 20.3 Å². The Labute approximate surface area is 150 Å². The number of nitrogens with zero attached hydrogens (tertiary/aromatic N) is 1. The average molecular weight is 359 g/mol. The summed E-state index contributed by atoms with van der Waals surface area (Å²) in [5, 5.41) is 17.6. The fourth-order valence-corrected chi connectivity index (χ4v) is 1.98. The SMILES string of the molecule is CC(NC(=O)c1ccc(NC(=O)c2cc(C(C)(C)C)on2)cc1)C(=O)O. The maximum atomic E-state index is 12.2. The lowest BCUT2D eigenvalue weighted by Gasteiger charge is -2.12. The van der Waals surface area contributed by atoms with Gasteiger partial charge in [0, 0.05) is 22.7 Å². The lowest BCUT2D eigenvalue weighted by Crippen LogP contribution is -2.38. The fraction of sp³-hybridized carbons (Fsp3) is 0.333. The molecule has 0 spiro atoms. The van der Waals surface area contributed by atoms with Crippen molar-refractivity contribution < 1.29 is 24.0 Å². The van der Waals surface area contributed by atoms with Crippen molar-refractivity contribution in [1.29, 1.82) is 0 Å². The van der Waals surface area contributed by atoms with Gasteiger partial charge in [0.25, 0.3) is 11.8 Å². The van der Waals surface area contributed by atoms with E-state index < -0.39 is 23.8 Å². The van der Waals surface area contributed by atoms with E-state index in [0.717, 1.165) is 0 Å². The molecule has 1 aromatic heterocycles. The van der Waals surface area contributed by atoms with Crippen LogP contribution in [0.2, 0.25) is 0 Å². The number of anilines is 1. The second-order valence-corrected chi connectivity index (χ2v) is 6.89. The molecule has 2 aromatic rings. The van der Waals surface area contributed by atoms with Crippen LogP contribution in [0.3, 0.4) is 0 Å². The highest BCUT2D eigenvalue weighted by atomic mass is 16.5. The Balaban J connectivity index is 2.02. The van der Waals surface area contributed by atoms with Crippen LogP contribution >= 0.6 is 0 Å². The van der Waals surface area contributed by atoms with Crippen molar-refractivity contribution in [2.24, 2.45) is 0 Å². The largest absolute Gasteiger partial charge is 0.480 e. The van der Waals surface area contributed by atoms with E-state index in [1.165, 1.54) is 19.1 Å². The Bertz CT molecular complexity index is 818. The molecule has 8 heteroatoms. The average Bonchev–Trinajstić information content (AvgIpc) is 3.05. The number of aliphatic carboxylic acids is 1. The van der Waals surface area contributed by atoms with E-state index in [1.807, 2.05) is 20.8 Å². The number of carboxylic acid groups (broad SMARTS) is 1. The minimum absolute atomic E-state index is 0.159. The first-order valence-corrected chi connectivity index (χ1v) is 8.00. The number of carbonyl (C=O) groups excluding carboxylic acids is 2. The molecule has 2 amide bonds. The smallest absolute Gasteiger partial charge is 0.325 e. The Kier molecular flexibility index (Phi) is 5.44. The number of aromatic nitrogens is 1. The highest BCUT2D eigenvalue weighted by Gasteiger charge is 2.22. The van der Waals surface area contributed by atoms with E-state index in [1.54, 1.807) is 18.2 Å². The zero-order valence-corrected chi connectivity index (χ0v) is 15.0. The number of hydrogen-bond donors (Lipinski definition) is 3. The topological polar surface area (TPSA) is 122 Å². The number of hydrogen-bond acceptors (Lipinski definition) is 5. The lowest BCUT2D eigenvalue weighted by atomic mass is 9.93. The summed E-state index contributed by atoms with van der Waals surface area (Å²) >= 11 is 0. The zero-order chi connectivity index (χ0) is 19.5. The van der Waals surface area contributed by atoms with E-state index in [-0.39, 0.29) is 16.7 Å². The minimum atomic E-state index is -1.12. The van der Waals surface area contributed by atoms with Gasteiger partial charge in [-0.2, -0.15) is 0 Å². The van der Waals surface area contributed by atoms with Crippen LogP contribution in [-0.2, 0) is 10.2 Å².